The van der Waals surface area contributed by atoms with E-state index in [9.17, 15) is 10.1 Å². The molecule has 0 radical (unpaired) electrons. The highest BCUT2D eigenvalue weighted by Crippen LogP contribution is 2.27. The van der Waals surface area contributed by atoms with Gasteiger partial charge < -0.3 is 10.1 Å². The molecule has 0 atom stereocenters. The number of nitrogens with zero attached hydrogens (tertiary/aromatic N) is 1. The van der Waals surface area contributed by atoms with E-state index in [1.165, 1.54) is 32.1 Å². The molecule has 1 N–H and O–H groups in total. The highest BCUT2D eigenvalue weighted by Gasteiger charge is 2.14. The van der Waals surface area contributed by atoms with Gasteiger partial charge in [0, 0.05) is 12.6 Å². The molecule has 0 bridgehead atoms. The molecule has 0 amide bonds. The molecule has 0 aliphatic carbocycles. The number of benzene rings is 1. The van der Waals surface area contributed by atoms with E-state index in [4.69, 9.17) is 4.74 Å². The van der Waals surface area contributed by atoms with Crippen LogP contribution in [0.5, 0.6) is 5.75 Å². The van der Waals surface area contributed by atoms with Crippen molar-refractivity contribution in [1.82, 2.24) is 5.32 Å². The fourth-order valence-electron chi connectivity index (χ4n) is 2.07. The number of hydrogen-bond acceptors (Lipinski definition) is 5. The summed E-state index contributed by atoms with van der Waals surface area (Å²) in [5.74, 6) is 1.54. The van der Waals surface area contributed by atoms with Crippen molar-refractivity contribution in [3.63, 3.8) is 0 Å². The normalized spacial score (nSPS) is 10.6. The molecule has 118 valence electrons. The Morgan fingerprint density at radius 3 is 2.71 bits per heavy atom. The van der Waals surface area contributed by atoms with Gasteiger partial charge in [0.1, 0.15) is 0 Å². The lowest BCUT2D eigenvalue weighted by Crippen LogP contribution is -2.14. The van der Waals surface area contributed by atoms with E-state index >= 15 is 0 Å². The minimum atomic E-state index is -0.409. The molecule has 6 heteroatoms. The van der Waals surface area contributed by atoms with Gasteiger partial charge in [0.05, 0.1) is 12.0 Å². The number of methoxy groups -OCH3 is 1. The Balaban J connectivity index is 2.29. The maximum Gasteiger partial charge on any atom is 0.311 e. The predicted octanol–water partition coefficient (Wildman–Crippen LogP) is 3.62. The van der Waals surface area contributed by atoms with Crippen molar-refractivity contribution in [3.05, 3.63) is 33.9 Å². The molecular formula is C15H24N2O3S. The molecule has 0 aliphatic rings. The van der Waals surface area contributed by atoms with Crippen LogP contribution in [0, 0.1) is 10.1 Å². The quantitative estimate of drug-likeness (QED) is 0.384. The summed E-state index contributed by atoms with van der Waals surface area (Å²) in [6, 6.07) is 5.08. The van der Waals surface area contributed by atoms with Crippen molar-refractivity contribution < 1.29 is 9.66 Å². The molecule has 0 aromatic heterocycles. The second-order valence-electron chi connectivity index (χ2n) is 4.85. The van der Waals surface area contributed by atoms with Gasteiger partial charge >= 0.3 is 5.69 Å². The van der Waals surface area contributed by atoms with E-state index in [1.54, 1.807) is 12.1 Å². The maximum absolute atomic E-state index is 10.9. The van der Waals surface area contributed by atoms with Gasteiger partial charge in [-0.05, 0) is 43.0 Å². The Morgan fingerprint density at radius 1 is 1.29 bits per heavy atom. The lowest BCUT2D eigenvalue weighted by molar-refractivity contribution is -0.385. The zero-order chi connectivity index (χ0) is 15.5. The van der Waals surface area contributed by atoms with Crippen molar-refractivity contribution in [2.75, 3.05) is 25.7 Å². The lowest BCUT2D eigenvalue weighted by Gasteiger charge is -2.07. The SMILES string of the molecule is COc1ccc(CNCCCCCCSC)cc1[N+](=O)[O-]. The number of nitrogens with one attached hydrogen (secondary N) is 1. The van der Waals surface area contributed by atoms with Crippen LogP contribution in [-0.2, 0) is 6.54 Å². The first-order valence-electron chi connectivity index (χ1n) is 7.20. The third-order valence-electron chi connectivity index (χ3n) is 3.22. The van der Waals surface area contributed by atoms with Gasteiger partial charge in [-0.25, -0.2) is 0 Å². The molecule has 0 fully saturated rings. The molecule has 0 saturated carbocycles. The van der Waals surface area contributed by atoms with Crippen LogP contribution in [-0.4, -0.2) is 30.6 Å². The van der Waals surface area contributed by atoms with Crippen LogP contribution in [0.15, 0.2) is 18.2 Å². The van der Waals surface area contributed by atoms with Crippen LogP contribution >= 0.6 is 11.8 Å². The Kier molecular flexibility index (Phi) is 8.85. The van der Waals surface area contributed by atoms with E-state index in [0.29, 0.717) is 12.3 Å². The minimum Gasteiger partial charge on any atom is -0.490 e. The molecule has 1 aromatic carbocycles. The summed E-state index contributed by atoms with van der Waals surface area (Å²) in [6.45, 7) is 1.59. The second kappa shape index (κ2) is 10.5. The van der Waals surface area contributed by atoms with Gasteiger partial charge in [0.2, 0.25) is 0 Å². The molecule has 1 rings (SSSR count). The van der Waals surface area contributed by atoms with Crippen molar-refractivity contribution in [1.29, 1.82) is 0 Å². The van der Waals surface area contributed by atoms with Crippen LogP contribution in [0.2, 0.25) is 0 Å². The van der Waals surface area contributed by atoms with Crippen LogP contribution in [0.1, 0.15) is 31.2 Å². The predicted molar refractivity (Wildman–Crippen MR) is 88.2 cm³/mol. The molecule has 0 unspecified atom stereocenters. The molecule has 0 heterocycles. The molecule has 5 nitrogen and oxygen atoms in total. The zero-order valence-corrected chi connectivity index (χ0v) is 13.6. The number of nitro groups is 1. The van der Waals surface area contributed by atoms with Gasteiger partial charge in [-0.2, -0.15) is 11.8 Å². The molecule has 0 saturated heterocycles. The second-order valence-corrected chi connectivity index (χ2v) is 5.83. The topological polar surface area (TPSA) is 64.4 Å². The first-order chi connectivity index (χ1) is 10.2. The van der Waals surface area contributed by atoms with Crippen LogP contribution in [0.3, 0.4) is 0 Å². The number of unbranched alkanes of at least 4 members (excludes halogenated alkanes) is 3. The van der Waals surface area contributed by atoms with Crippen molar-refractivity contribution in [2.45, 2.75) is 32.2 Å². The first-order valence-corrected chi connectivity index (χ1v) is 8.59. The van der Waals surface area contributed by atoms with Crippen molar-refractivity contribution in [2.24, 2.45) is 0 Å². The average Bonchev–Trinajstić information content (AvgIpc) is 2.49. The number of hydrogen-bond donors (Lipinski definition) is 1. The lowest BCUT2D eigenvalue weighted by atomic mass is 10.1. The summed E-state index contributed by atoms with van der Waals surface area (Å²) < 4.78 is 4.99. The maximum atomic E-state index is 10.9. The third kappa shape index (κ3) is 6.82. The third-order valence-corrected chi connectivity index (χ3v) is 3.92. The van der Waals surface area contributed by atoms with E-state index < -0.39 is 4.92 Å². The summed E-state index contributed by atoms with van der Waals surface area (Å²) in [7, 11) is 1.44. The average molecular weight is 312 g/mol. The highest BCUT2D eigenvalue weighted by atomic mass is 32.2. The van der Waals surface area contributed by atoms with Crippen LogP contribution in [0.4, 0.5) is 5.69 Å². The Bertz CT molecular complexity index is 441. The van der Waals surface area contributed by atoms with Gasteiger partial charge in [-0.15, -0.1) is 0 Å². The summed E-state index contributed by atoms with van der Waals surface area (Å²) in [6.07, 6.45) is 7.07. The summed E-state index contributed by atoms with van der Waals surface area (Å²) in [5, 5.41) is 14.3. The highest BCUT2D eigenvalue weighted by molar-refractivity contribution is 7.98. The molecule has 0 spiro atoms. The van der Waals surface area contributed by atoms with Gasteiger partial charge in [-0.3, -0.25) is 10.1 Å². The van der Waals surface area contributed by atoms with Crippen molar-refractivity contribution in [3.8, 4) is 5.75 Å². The Hall–Kier alpha value is -1.27. The van der Waals surface area contributed by atoms with Gasteiger partial charge in [-0.1, -0.05) is 18.9 Å². The van der Waals surface area contributed by atoms with E-state index in [2.05, 4.69) is 11.6 Å². The minimum absolute atomic E-state index is 0.0221. The summed E-state index contributed by atoms with van der Waals surface area (Å²) in [4.78, 5) is 10.5. The summed E-state index contributed by atoms with van der Waals surface area (Å²) in [5.41, 5.74) is 0.929. The number of ether oxygens (including phenoxy) is 1. The van der Waals surface area contributed by atoms with E-state index in [0.717, 1.165) is 18.5 Å². The van der Waals surface area contributed by atoms with Gasteiger partial charge in [0.15, 0.2) is 5.75 Å². The van der Waals surface area contributed by atoms with Crippen LogP contribution in [0.25, 0.3) is 0 Å². The zero-order valence-electron chi connectivity index (χ0n) is 12.8. The number of rotatable bonds is 11. The summed E-state index contributed by atoms with van der Waals surface area (Å²) >= 11 is 1.89. The Morgan fingerprint density at radius 2 is 2.05 bits per heavy atom. The van der Waals surface area contributed by atoms with Gasteiger partial charge in [0.25, 0.3) is 0 Å². The number of nitro benzene ring substituents is 1. The first kappa shape index (κ1) is 17.8. The largest absolute Gasteiger partial charge is 0.490 e. The smallest absolute Gasteiger partial charge is 0.311 e. The molecular weight excluding hydrogens is 288 g/mol. The fraction of sp³-hybridized carbons (Fsp3) is 0.600. The van der Waals surface area contributed by atoms with E-state index in [1.807, 2.05) is 17.8 Å². The standard InChI is InChI=1S/C15H24N2O3S/c1-20-15-8-7-13(11-14(15)17(18)19)12-16-9-5-3-4-6-10-21-2/h7-8,11,16H,3-6,9-10,12H2,1-2H3. The molecule has 21 heavy (non-hydrogen) atoms. The van der Waals surface area contributed by atoms with E-state index in [-0.39, 0.29) is 5.69 Å². The monoisotopic (exact) mass is 312 g/mol. The van der Waals surface area contributed by atoms with Crippen molar-refractivity contribution >= 4 is 17.4 Å². The van der Waals surface area contributed by atoms with Crippen LogP contribution < -0.4 is 10.1 Å². The Labute approximate surface area is 130 Å². The molecule has 1 aromatic rings. The fourth-order valence-corrected chi connectivity index (χ4v) is 2.56. The molecule has 0 aliphatic heterocycles. The number of thioether (sulfide) groups is 1.